The molecule has 0 aliphatic carbocycles. The molecular weight excluding hydrogens is 330 g/mol. The van der Waals surface area contributed by atoms with Gasteiger partial charge in [-0.05, 0) is 28.6 Å². The molecule has 0 radical (unpaired) electrons. The lowest BCUT2D eigenvalue weighted by Gasteiger charge is -2.18. The van der Waals surface area contributed by atoms with E-state index in [-0.39, 0.29) is 5.56 Å². The molecule has 1 rings (SSSR count). The maximum Gasteiger partial charge on any atom is 0.283 e. The number of thioether (sulfide) groups is 1. The minimum Gasteiger partial charge on any atom is -0.383 e. The number of anilines is 1. The third-order valence-corrected chi connectivity index (χ3v) is 4.21. The summed E-state index contributed by atoms with van der Waals surface area (Å²) in [6.07, 6.45) is 4.75. The summed E-state index contributed by atoms with van der Waals surface area (Å²) in [4.78, 5) is 12.1. The van der Waals surface area contributed by atoms with Crippen molar-refractivity contribution in [2.45, 2.75) is 25.9 Å². The highest BCUT2D eigenvalue weighted by molar-refractivity contribution is 9.10. The van der Waals surface area contributed by atoms with E-state index in [1.807, 2.05) is 0 Å². The van der Waals surface area contributed by atoms with Crippen molar-refractivity contribution < 1.29 is 4.74 Å². The van der Waals surface area contributed by atoms with Crippen LogP contribution in [0.4, 0.5) is 5.69 Å². The van der Waals surface area contributed by atoms with Crippen LogP contribution in [0.1, 0.15) is 13.3 Å². The first-order valence-electron chi connectivity index (χ1n) is 6.14. The monoisotopic (exact) mass is 349 g/mol. The van der Waals surface area contributed by atoms with Gasteiger partial charge in [0.25, 0.3) is 5.56 Å². The number of nitrogens with zero attached hydrogens (tertiary/aromatic N) is 2. The normalized spacial score (nSPS) is 12.4. The van der Waals surface area contributed by atoms with Crippen LogP contribution in [0, 0.1) is 0 Å². The van der Waals surface area contributed by atoms with Gasteiger partial charge in [-0.2, -0.15) is 16.9 Å². The first kappa shape index (κ1) is 16.5. The van der Waals surface area contributed by atoms with Gasteiger partial charge in [0.05, 0.1) is 25.0 Å². The molecule has 1 heterocycles. The van der Waals surface area contributed by atoms with Crippen molar-refractivity contribution >= 4 is 33.4 Å². The molecule has 108 valence electrons. The lowest BCUT2D eigenvalue weighted by molar-refractivity contribution is 0.181. The van der Waals surface area contributed by atoms with Crippen LogP contribution in [0.15, 0.2) is 15.5 Å². The molecule has 0 saturated heterocycles. The van der Waals surface area contributed by atoms with Gasteiger partial charge in [0.1, 0.15) is 4.47 Å². The summed E-state index contributed by atoms with van der Waals surface area (Å²) in [6.45, 7) is 3.04. The van der Waals surface area contributed by atoms with Gasteiger partial charge < -0.3 is 10.1 Å². The smallest absolute Gasteiger partial charge is 0.283 e. The molecule has 0 amide bonds. The van der Waals surface area contributed by atoms with Crippen molar-refractivity contribution in [1.82, 2.24) is 9.78 Å². The van der Waals surface area contributed by atoms with Crippen LogP contribution in [0.2, 0.25) is 0 Å². The SMILES string of the molecule is CCC(CSC)Nc1cnn(CCOC)c(=O)c1Br. The Balaban J connectivity index is 2.86. The Bertz CT molecular complexity index is 453. The van der Waals surface area contributed by atoms with Gasteiger partial charge in [0.15, 0.2) is 0 Å². The van der Waals surface area contributed by atoms with E-state index in [9.17, 15) is 4.79 Å². The molecule has 0 saturated carbocycles. The van der Waals surface area contributed by atoms with Gasteiger partial charge in [-0.1, -0.05) is 6.92 Å². The number of hydrogen-bond acceptors (Lipinski definition) is 5. The van der Waals surface area contributed by atoms with Crippen molar-refractivity contribution in [2.24, 2.45) is 0 Å². The Morgan fingerprint density at radius 1 is 1.63 bits per heavy atom. The van der Waals surface area contributed by atoms with Crippen LogP contribution in [-0.4, -0.2) is 41.5 Å². The highest BCUT2D eigenvalue weighted by Gasteiger charge is 2.12. The average molecular weight is 350 g/mol. The molecule has 5 nitrogen and oxygen atoms in total. The van der Waals surface area contributed by atoms with Crippen LogP contribution in [0.25, 0.3) is 0 Å². The van der Waals surface area contributed by atoms with E-state index in [4.69, 9.17) is 4.74 Å². The number of methoxy groups -OCH3 is 1. The van der Waals surface area contributed by atoms with Crippen molar-refractivity contribution in [1.29, 1.82) is 0 Å². The van der Waals surface area contributed by atoms with Gasteiger partial charge in [0, 0.05) is 18.9 Å². The summed E-state index contributed by atoms with van der Waals surface area (Å²) >= 11 is 5.13. The fraction of sp³-hybridized carbons (Fsp3) is 0.667. The summed E-state index contributed by atoms with van der Waals surface area (Å²) in [5.41, 5.74) is 0.612. The molecule has 1 aromatic heterocycles. The molecule has 0 bridgehead atoms. The highest BCUT2D eigenvalue weighted by atomic mass is 79.9. The fourth-order valence-electron chi connectivity index (χ4n) is 1.59. The number of halogens is 1. The quantitative estimate of drug-likeness (QED) is 0.779. The first-order valence-corrected chi connectivity index (χ1v) is 8.32. The number of hydrogen-bond donors (Lipinski definition) is 1. The molecule has 0 aromatic carbocycles. The van der Waals surface area contributed by atoms with Crippen molar-refractivity contribution in [3.8, 4) is 0 Å². The van der Waals surface area contributed by atoms with Crippen LogP contribution in [0.3, 0.4) is 0 Å². The minimum atomic E-state index is -0.138. The van der Waals surface area contributed by atoms with E-state index in [0.717, 1.165) is 17.9 Å². The maximum atomic E-state index is 12.1. The molecule has 19 heavy (non-hydrogen) atoms. The predicted molar refractivity (Wildman–Crippen MR) is 84.2 cm³/mol. The van der Waals surface area contributed by atoms with E-state index in [2.05, 4.69) is 39.5 Å². The summed E-state index contributed by atoms with van der Waals surface area (Å²) in [5.74, 6) is 0.996. The van der Waals surface area contributed by atoms with E-state index in [1.54, 1.807) is 25.1 Å². The number of ether oxygens (including phenoxy) is 1. The van der Waals surface area contributed by atoms with E-state index in [0.29, 0.717) is 23.7 Å². The average Bonchev–Trinajstić information content (AvgIpc) is 2.42. The largest absolute Gasteiger partial charge is 0.383 e. The summed E-state index contributed by atoms with van der Waals surface area (Å²) in [5, 5.41) is 7.50. The van der Waals surface area contributed by atoms with Crippen LogP contribution in [-0.2, 0) is 11.3 Å². The lowest BCUT2D eigenvalue weighted by Crippen LogP contribution is -2.28. The molecular formula is C12H20BrN3O2S. The number of rotatable bonds is 8. The summed E-state index contributed by atoms with van der Waals surface area (Å²) < 4.78 is 6.87. The fourth-order valence-corrected chi connectivity index (χ4v) is 2.73. The third-order valence-electron chi connectivity index (χ3n) is 2.71. The first-order chi connectivity index (χ1) is 9.13. The Labute approximate surface area is 126 Å². The Morgan fingerprint density at radius 2 is 2.37 bits per heavy atom. The van der Waals surface area contributed by atoms with E-state index >= 15 is 0 Å². The zero-order valence-corrected chi connectivity index (χ0v) is 13.9. The van der Waals surface area contributed by atoms with Gasteiger partial charge in [-0.15, -0.1) is 0 Å². The van der Waals surface area contributed by atoms with Gasteiger partial charge in [-0.25, -0.2) is 4.68 Å². The Morgan fingerprint density at radius 3 is 2.95 bits per heavy atom. The Kier molecular flexibility index (Phi) is 7.48. The predicted octanol–water partition coefficient (Wildman–Crippen LogP) is 2.21. The second-order valence-electron chi connectivity index (χ2n) is 4.10. The van der Waals surface area contributed by atoms with Crippen LogP contribution >= 0.6 is 27.7 Å². The summed E-state index contributed by atoms with van der Waals surface area (Å²) in [7, 11) is 1.60. The van der Waals surface area contributed by atoms with E-state index in [1.165, 1.54) is 4.68 Å². The molecule has 7 heteroatoms. The van der Waals surface area contributed by atoms with Gasteiger partial charge >= 0.3 is 0 Å². The molecule has 1 N–H and O–H groups in total. The lowest BCUT2D eigenvalue weighted by atomic mass is 10.2. The second kappa shape index (κ2) is 8.60. The highest BCUT2D eigenvalue weighted by Crippen LogP contribution is 2.18. The zero-order valence-electron chi connectivity index (χ0n) is 11.5. The van der Waals surface area contributed by atoms with Crippen molar-refractivity contribution in [3.63, 3.8) is 0 Å². The minimum absolute atomic E-state index is 0.138. The topological polar surface area (TPSA) is 56.1 Å². The van der Waals surface area contributed by atoms with E-state index < -0.39 is 0 Å². The molecule has 0 aliphatic rings. The van der Waals surface area contributed by atoms with Crippen LogP contribution < -0.4 is 10.9 Å². The molecule has 1 aromatic rings. The number of nitrogens with one attached hydrogen (secondary N) is 1. The molecule has 0 aliphatic heterocycles. The molecule has 1 atom stereocenters. The maximum absolute atomic E-state index is 12.1. The third kappa shape index (κ3) is 4.81. The Hall–Kier alpha value is -0.530. The van der Waals surface area contributed by atoms with Crippen molar-refractivity contribution in [3.05, 3.63) is 21.0 Å². The molecule has 0 fully saturated rings. The standard InChI is InChI=1S/C12H20BrN3O2S/c1-4-9(8-19-3)15-10-7-14-16(5-6-18-2)12(17)11(10)13/h7,9,15H,4-6,8H2,1-3H3. The number of aromatic nitrogens is 2. The van der Waals surface area contributed by atoms with Crippen molar-refractivity contribution in [2.75, 3.05) is 31.0 Å². The van der Waals surface area contributed by atoms with Crippen LogP contribution in [0.5, 0.6) is 0 Å². The van der Waals surface area contributed by atoms with Gasteiger partial charge in [0.2, 0.25) is 0 Å². The summed E-state index contributed by atoms with van der Waals surface area (Å²) in [6, 6.07) is 0.335. The van der Waals surface area contributed by atoms with Gasteiger partial charge in [-0.3, -0.25) is 4.79 Å². The second-order valence-corrected chi connectivity index (χ2v) is 5.80. The molecule has 1 unspecified atom stereocenters. The molecule has 0 spiro atoms. The zero-order chi connectivity index (χ0) is 14.3.